The Morgan fingerprint density at radius 1 is 1.24 bits per heavy atom. The maximum absolute atomic E-state index is 13.4. The number of phenols is 1. The molecule has 0 aliphatic rings. The standard InChI is InChI=1S/C15H14F2N2O2/c1-2-21-12-5-3-10(15(20)8-12)9-18-19-14-6-4-11(16)7-13(14)17/h3-9,19-20H,2H2,1H3/b18-9+. The summed E-state index contributed by atoms with van der Waals surface area (Å²) >= 11 is 0. The quantitative estimate of drug-likeness (QED) is 0.655. The number of rotatable bonds is 5. The Morgan fingerprint density at radius 2 is 2.05 bits per heavy atom. The van der Waals surface area contributed by atoms with Gasteiger partial charge >= 0.3 is 0 Å². The lowest BCUT2D eigenvalue weighted by Gasteiger charge is -2.05. The van der Waals surface area contributed by atoms with Crippen molar-refractivity contribution in [2.45, 2.75) is 6.92 Å². The summed E-state index contributed by atoms with van der Waals surface area (Å²) in [7, 11) is 0. The molecule has 0 spiro atoms. The number of hydrazone groups is 1. The SMILES string of the molecule is CCOc1ccc(/C=N/Nc2ccc(F)cc2F)c(O)c1. The highest BCUT2D eigenvalue weighted by Gasteiger charge is 2.03. The molecule has 0 unspecified atom stereocenters. The normalized spacial score (nSPS) is 10.8. The molecule has 0 saturated carbocycles. The number of nitrogens with one attached hydrogen (secondary N) is 1. The predicted octanol–water partition coefficient (Wildman–Crippen LogP) is 3.52. The van der Waals surface area contributed by atoms with Gasteiger partial charge in [-0.1, -0.05) is 0 Å². The second-order valence-corrected chi connectivity index (χ2v) is 4.15. The van der Waals surface area contributed by atoms with Crippen LogP contribution in [0.25, 0.3) is 0 Å². The maximum Gasteiger partial charge on any atom is 0.151 e. The smallest absolute Gasteiger partial charge is 0.151 e. The summed E-state index contributed by atoms with van der Waals surface area (Å²) in [5.41, 5.74) is 2.92. The molecular weight excluding hydrogens is 278 g/mol. The van der Waals surface area contributed by atoms with Crippen molar-refractivity contribution in [2.24, 2.45) is 5.10 Å². The molecule has 0 bridgehead atoms. The van der Waals surface area contributed by atoms with E-state index in [1.807, 2.05) is 6.92 Å². The fourth-order valence-corrected chi connectivity index (χ4v) is 1.64. The van der Waals surface area contributed by atoms with Gasteiger partial charge in [-0.2, -0.15) is 5.10 Å². The molecule has 4 nitrogen and oxygen atoms in total. The molecule has 0 heterocycles. The highest BCUT2D eigenvalue weighted by molar-refractivity contribution is 5.84. The third-order valence-electron chi connectivity index (χ3n) is 2.63. The minimum Gasteiger partial charge on any atom is -0.507 e. The van der Waals surface area contributed by atoms with Crippen molar-refractivity contribution in [2.75, 3.05) is 12.0 Å². The van der Waals surface area contributed by atoms with E-state index in [0.717, 1.165) is 12.1 Å². The lowest BCUT2D eigenvalue weighted by atomic mass is 10.2. The van der Waals surface area contributed by atoms with Gasteiger partial charge < -0.3 is 9.84 Å². The van der Waals surface area contributed by atoms with Gasteiger partial charge in [0.2, 0.25) is 0 Å². The van der Waals surface area contributed by atoms with E-state index in [1.165, 1.54) is 18.3 Å². The molecule has 0 radical (unpaired) electrons. The van der Waals surface area contributed by atoms with Gasteiger partial charge in [0.05, 0.1) is 18.5 Å². The molecule has 2 rings (SSSR count). The topological polar surface area (TPSA) is 53.8 Å². The zero-order valence-electron chi connectivity index (χ0n) is 11.3. The Bertz CT molecular complexity index is 660. The lowest BCUT2D eigenvalue weighted by Crippen LogP contribution is -1.95. The highest BCUT2D eigenvalue weighted by Crippen LogP contribution is 2.22. The predicted molar refractivity (Wildman–Crippen MR) is 76.9 cm³/mol. The molecule has 2 aromatic rings. The van der Waals surface area contributed by atoms with Gasteiger partial charge in [-0.15, -0.1) is 0 Å². The van der Waals surface area contributed by atoms with E-state index in [4.69, 9.17) is 4.74 Å². The number of phenolic OH excluding ortho intramolecular Hbond substituents is 1. The van der Waals surface area contributed by atoms with Crippen LogP contribution in [0.2, 0.25) is 0 Å². The first-order chi connectivity index (χ1) is 10.1. The van der Waals surface area contributed by atoms with E-state index in [0.29, 0.717) is 17.9 Å². The van der Waals surface area contributed by atoms with Crippen molar-refractivity contribution in [3.63, 3.8) is 0 Å². The first-order valence-electron chi connectivity index (χ1n) is 6.30. The van der Waals surface area contributed by atoms with E-state index in [-0.39, 0.29) is 11.4 Å². The van der Waals surface area contributed by atoms with Crippen molar-refractivity contribution in [3.05, 3.63) is 53.6 Å². The van der Waals surface area contributed by atoms with Gasteiger partial charge in [-0.3, -0.25) is 5.43 Å². The van der Waals surface area contributed by atoms with Crippen molar-refractivity contribution in [3.8, 4) is 11.5 Å². The van der Waals surface area contributed by atoms with Gasteiger partial charge in [0.15, 0.2) is 5.82 Å². The van der Waals surface area contributed by atoms with Gasteiger partial charge in [0.25, 0.3) is 0 Å². The average molecular weight is 292 g/mol. The minimum atomic E-state index is -0.747. The number of benzene rings is 2. The Balaban J connectivity index is 2.07. The molecular formula is C15H14F2N2O2. The first-order valence-corrected chi connectivity index (χ1v) is 6.30. The van der Waals surface area contributed by atoms with Crippen LogP contribution in [0.15, 0.2) is 41.5 Å². The monoisotopic (exact) mass is 292 g/mol. The summed E-state index contributed by atoms with van der Waals surface area (Å²) in [6, 6.07) is 7.88. The van der Waals surface area contributed by atoms with Crippen LogP contribution in [0.4, 0.5) is 14.5 Å². The Morgan fingerprint density at radius 3 is 2.71 bits per heavy atom. The number of anilines is 1. The fraction of sp³-hybridized carbons (Fsp3) is 0.133. The van der Waals surface area contributed by atoms with Crippen LogP contribution in [0.1, 0.15) is 12.5 Å². The van der Waals surface area contributed by atoms with E-state index in [9.17, 15) is 13.9 Å². The van der Waals surface area contributed by atoms with Crippen LogP contribution in [-0.4, -0.2) is 17.9 Å². The van der Waals surface area contributed by atoms with Crippen LogP contribution in [-0.2, 0) is 0 Å². The third kappa shape index (κ3) is 3.92. The molecule has 0 aliphatic heterocycles. The summed E-state index contributed by atoms with van der Waals surface area (Å²) in [6.45, 7) is 2.34. The van der Waals surface area contributed by atoms with Gasteiger partial charge in [0.1, 0.15) is 17.3 Å². The van der Waals surface area contributed by atoms with Crippen molar-refractivity contribution in [1.82, 2.24) is 0 Å². The van der Waals surface area contributed by atoms with Gasteiger partial charge in [-0.25, -0.2) is 8.78 Å². The molecule has 0 saturated heterocycles. The zero-order chi connectivity index (χ0) is 15.2. The third-order valence-corrected chi connectivity index (χ3v) is 2.63. The molecule has 2 aromatic carbocycles. The van der Waals surface area contributed by atoms with Crippen LogP contribution in [0.3, 0.4) is 0 Å². The average Bonchev–Trinajstić information content (AvgIpc) is 2.44. The Kier molecular flexibility index (Phi) is 4.71. The van der Waals surface area contributed by atoms with Crippen molar-refractivity contribution in [1.29, 1.82) is 0 Å². The number of hydrogen-bond donors (Lipinski definition) is 2. The number of halogens is 2. The van der Waals surface area contributed by atoms with E-state index in [1.54, 1.807) is 12.1 Å². The van der Waals surface area contributed by atoms with Crippen LogP contribution in [0.5, 0.6) is 11.5 Å². The van der Waals surface area contributed by atoms with Crippen LogP contribution in [0, 0.1) is 11.6 Å². The first kappa shape index (κ1) is 14.8. The molecule has 110 valence electrons. The van der Waals surface area contributed by atoms with Crippen molar-refractivity contribution < 1.29 is 18.6 Å². The fourth-order valence-electron chi connectivity index (χ4n) is 1.64. The minimum absolute atomic E-state index is 0.00826. The number of ether oxygens (including phenoxy) is 1. The van der Waals surface area contributed by atoms with E-state index < -0.39 is 11.6 Å². The number of nitrogens with zero attached hydrogens (tertiary/aromatic N) is 1. The summed E-state index contributed by atoms with van der Waals surface area (Å²) in [4.78, 5) is 0. The zero-order valence-corrected chi connectivity index (χ0v) is 11.3. The molecule has 21 heavy (non-hydrogen) atoms. The Hall–Kier alpha value is -2.63. The highest BCUT2D eigenvalue weighted by atomic mass is 19.1. The molecule has 0 aromatic heterocycles. The van der Waals surface area contributed by atoms with Gasteiger partial charge in [-0.05, 0) is 31.2 Å². The lowest BCUT2D eigenvalue weighted by molar-refractivity contribution is 0.337. The van der Waals surface area contributed by atoms with E-state index >= 15 is 0 Å². The summed E-state index contributed by atoms with van der Waals surface area (Å²) in [5.74, 6) is -0.870. The second-order valence-electron chi connectivity index (χ2n) is 4.15. The second kappa shape index (κ2) is 6.69. The maximum atomic E-state index is 13.4. The summed E-state index contributed by atoms with van der Waals surface area (Å²) < 4.78 is 31.3. The molecule has 0 atom stereocenters. The van der Waals surface area contributed by atoms with Crippen molar-refractivity contribution >= 4 is 11.9 Å². The molecule has 2 N–H and O–H groups in total. The number of hydrogen-bond acceptors (Lipinski definition) is 4. The van der Waals surface area contributed by atoms with Crippen LogP contribution < -0.4 is 10.2 Å². The van der Waals surface area contributed by atoms with E-state index in [2.05, 4.69) is 10.5 Å². The van der Waals surface area contributed by atoms with Gasteiger partial charge in [0, 0.05) is 17.7 Å². The summed E-state index contributed by atoms with van der Waals surface area (Å²) in [6.07, 6.45) is 1.33. The Labute approximate surface area is 120 Å². The molecule has 0 fully saturated rings. The number of aromatic hydroxyl groups is 1. The molecule has 6 heteroatoms. The summed E-state index contributed by atoms with van der Waals surface area (Å²) in [5, 5.41) is 13.6. The molecule has 0 aliphatic carbocycles. The molecule has 0 amide bonds. The van der Waals surface area contributed by atoms with Crippen LogP contribution >= 0.6 is 0 Å². The largest absolute Gasteiger partial charge is 0.507 e.